The van der Waals surface area contributed by atoms with Crippen LogP contribution in [-0.4, -0.2) is 18.4 Å². The maximum absolute atomic E-state index is 12.3. The van der Waals surface area contributed by atoms with Crippen LogP contribution in [0.1, 0.15) is 23.1 Å². The highest BCUT2D eigenvalue weighted by molar-refractivity contribution is 5.99. The summed E-state index contributed by atoms with van der Waals surface area (Å²) in [6, 6.07) is 15.6. The Bertz CT molecular complexity index is 752. The van der Waals surface area contributed by atoms with Gasteiger partial charge in [0, 0.05) is 18.7 Å². The molecule has 1 fully saturated rings. The second-order valence-electron chi connectivity index (χ2n) is 6.34. The van der Waals surface area contributed by atoms with Crippen LogP contribution in [0.15, 0.2) is 48.5 Å². The van der Waals surface area contributed by atoms with Crippen LogP contribution >= 0.6 is 0 Å². The van der Waals surface area contributed by atoms with Gasteiger partial charge in [0.05, 0.1) is 5.92 Å². The van der Waals surface area contributed by atoms with Crippen LogP contribution < -0.4 is 4.90 Å². The minimum absolute atomic E-state index is 0.0311. The Morgan fingerprint density at radius 1 is 1.12 bits per heavy atom. The first-order valence-corrected chi connectivity index (χ1v) is 8.12. The summed E-state index contributed by atoms with van der Waals surface area (Å²) in [5.74, 6) is -0.737. The Morgan fingerprint density at radius 3 is 2.58 bits per heavy atom. The van der Waals surface area contributed by atoms with E-state index in [0.717, 1.165) is 22.4 Å². The molecule has 1 saturated heterocycles. The van der Waals surface area contributed by atoms with Crippen molar-refractivity contribution in [2.45, 2.75) is 26.9 Å². The van der Waals surface area contributed by atoms with Crippen molar-refractivity contribution in [2.75, 3.05) is 11.4 Å². The summed E-state index contributed by atoms with van der Waals surface area (Å²) in [5, 5.41) is 0. The molecule has 0 saturated carbocycles. The highest BCUT2D eigenvalue weighted by Gasteiger charge is 2.36. The molecule has 1 amide bonds. The van der Waals surface area contributed by atoms with Gasteiger partial charge in [-0.1, -0.05) is 47.5 Å². The van der Waals surface area contributed by atoms with E-state index in [1.54, 1.807) is 4.90 Å². The molecule has 124 valence electrons. The number of carbonyl (C=O) groups is 2. The smallest absolute Gasteiger partial charge is 0.311 e. The van der Waals surface area contributed by atoms with E-state index >= 15 is 0 Å². The highest BCUT2D eigenvalue weighted by Crippen LogP contribution is 2.26. The van der Waals surface area contributed by atoms with Crippen LogP contribution in [-0.2, 0) is 20.9 Å². The number of hydrogen-bond donors (Lipinski definition) is 0. The zero-order valence-electron chi connectivity index (χ0n) is 14.0. The van der Waals surface area contributed by atoms with E-state index in [0.29, 0.717) is 6.54 Å². The van der Waals surface area contributed by atoms with Gasteiger partial charge in [0.15, 0.2) is 0 Å². The van der Waals surface area contributed by atoms with E-state index in [1.807, 2.05) is 62.4 Å². The first kappa shape index (κ1) is 16.2. The van der Waals surface area contributed by atoms with E-state index in [9.17, 15) is 9.59 Å². The topological polar surface area (TPSA) is 46.6 Å². The molecule has 2 aromatic rings. The minimum atomic E-state index is -0.399. The molecule has 4 heteroatoms. The summed E-state index contributed by atoms with van der Waals surface area (Å²) >= 11 is 0. The fraction of sp³-hybridized carbons (Fsp3) is 0.300. The number of anilines is 1. The number of benzene rings is 2. The molecule has 0 N–H and O–H groups in total. The summed E-state index contributed by atoms with van der Waals surface area (Å²) in [6.07, 6.45) is 0.209. The summed E-state index contributed by atoms with van der Waals surface area (Å²) in [7, 11) is 0. The number of amides is 1. The van der Waals surface area contributed by atoms with Crippen LogP contribution in [0.5, 0.6) is 0 Å². The van der Waals surface area contributed by atoms with Crippen molar-refractivity contribution in [1.82, 2.24) is 0 Å². The third-order valence-corrected chi connectivity index (χ3v) is 4.27. The zero-order valence-corrected chi connectivity index (χ0v) is 14.0. The lowest BCUT2D eigenvalue weighted by atomic mass is 10.1. The number of carbonyl (C=O) groups excluding carboxylic acids is 2. The molecule has 0 spiro atoms. The Labute approximate surface area is 142 Å². The fourth-order valence-corrected chi connectivity index (χ4v) is 2.91. The van der Waals surface area contributed by atoms with Gasteiger partial charge in [0.25, 0.3) is 0 Å². The van der Waals surface area contributed by atoms with Crippen molar-refractivity contribution < 1.29 is 14.3 Å². The van der Waals surface area contributed by atoms with Crippen LogP contribution in [0, 0.1) is 19.8 Å². The van der Waals surface area contributed by atoms with Crippen molar-refractivity contribution in [2.24, 2.45) is 5.92 Å². The van der Waals surface area contributed by atoms with Crippen molar-refractivity contribution in [1.29, 1.82) is 0 Å². The zero-order chi connectivity index (χ0) is 17.1. The lowest BCUT2D eigenvalue weighted by molar-refractivity contribution is -0.149. The Balaban J connectivity index is 1.60. The number of nitrogens with zero attached hydrogens (tertiary/aromatic N) is 1. The maximum atomic E-state index is 12.3. The summed E-state index contributed by atoms with van der Waals surface area (Å²) in [6.45, 7) is 4.63. The molecule has 24 heavy (non-hydrogen) atoms. The molecular weight excluding hydrogens is 302 g/mol. The van der Waals surface area contributed by atoms with E-state index in [1.165, 1.54) is 0 Å². The quantitative estimate of drug-likeness (QED) is 0.810. The first-order chi connectivity index (χ1) is 11.5. The van der Waals surface area contributed by atoms with Crippen LogP contribution in [0.3, 0.4) is 0 Å². The summed E-state index contributed by atoms with van der Waals surface area (Å²) in [5.41, 5.74) is 4.06. The van der Waals surface area contributed by atoms with Crippen LogP contribution in [0.2, 0.25) is 0 Å². The average Bonchev–Trinajstić information content (AvgIpc) is 2.95. The third-order valence-electron chi connectivity index (χ3n) is 4.27. The molecule has 4 nitrogen and oxygen atoms in total. The molecule has 2 aromatic carbocycles. The number of ether oxygens (including phenoxy) is 1. The molecule has 0 aliphatic carbocycles. The monoisotopic (exact) mass is 323 g/mol. The lowest BCUT2D eigenvalue weighted by Crippen LogP contribution is -2.26. The predicted octanol–water partition coefficient (Wildman–Crippen LogP) is 3.40. The minimum Gasteiger partial charge on any atom is -0.461 e. The predicted molar refractivity (Wildman–Crippen MR) is 92.6 cm³/mol. The number of rotatable bonds is 4. The van der Waals surface area contributed by atoms with Gasteiger partial charge >= 0.3 is 5.97 Å². The Hall–Kier alpha value is -2.62. The molecule has 1 heterocycles. The highest BCUT2D eigenvalue weighted by atomic mass is 16.5. The van der Waals surface area contributed by atoms with Crippen molar-refractivity contribution in [3.63, 3.8) is 0 Å². The SMILES string of the molecule is Cc1ccc(N2CC(C(=O)OCc3cccc(C)c3)CC2=O)cc1. The molecule has 1 atom stereocenters. The lowest BCUT2D eigenvalue weighted by Gasteiger charge is -2.16. The molecule has 0 radical (unpaired) electrons. The first-order valence-electron chi connectivity index (χ1n) is 8.12. The van der Waals surface area contributed by atoms with Crippen LogP contribution in [0.4, 0.5) is 5.69 Å². The Kier molecular flexibility index (Phi) is 4.65. The normalized spacial score (nSPS) is 17.2. The van der Waals surface area contributed by atoms with E-state index in [2.05, 4.69) is 0 Å². The molecule has 1 aliphatic rings. The van der Waals surface area contributed by atoms with E-state index in [4.69, 9.17) is 4.74 Å². The van der Waals surface area contributed by atoms with Gasteiger partial charge in [0.1, 0.15) is 6.61 Å². The second kappa shape index (κ2) is 6.87. The molecule has 0 bridgehead atoms. The standard InChI is InChI=1S/C20H21NO3/c1-14-6-8-18(9-7-14)21-12-17(11-19(21)22)20(23)24-13-16-5-3-4-15(2)10-16/h3-10,17H,11-13H2,1-2H3. The van der Waals surface area contributed by atoms with Gasteiger partial charge in [-0.3, -0.25) is 9.59 Å². The number of esters is 1. The second-order valence-corrected chi connectivity index (χ2v) is 6.34. The van der Waals surface area contributed by atoms with Crippen molar-refractivity contribution >= 4 is 17.6 Å². The van der Waals surface area contributed by atoms with E-state index in [-0.39, 0.29) is 24.9 Å². The van der Waals surface area contributed by atoms with Gasteiger partial charge in [-0.05, 0) is 31.5 Å². The maximum Gasteiger partial charge on any atom is 0.311 e. The average molecular weight is 323 g/mol. The van der Waals surface area contributed by atoms with E-state index < -0.39 is 5.92 Å². The van der Waals surface area contributed by atoms with Gasteiger partial charge in [-0.15, -0.1) is 0 Å². The molecular formula is C20H21NO3. The van der Waals surface area contributed by atoms with Crippen molar-refractivity contribution in [3.8, 4) is 0 Å². The fourth-order valence-electron chi connectivity index (χ4n) is 2.91. The molecule has 0 aromatic heterocycles. The number of hydrogen-bond acceptors (Lipinski definition) is 3. The molecule has 1 aliphatic heterocycles. The van der Waals surface area contributed by atoms with Crippen LogP contribution in [0.25, 0.3) is 0 Å². The van der Waals surface area contributed by atoms with Crippen molar-refractivity contribution in [3.05, 3.63) is 65.2 Å². The summed E-state index contributed by atoms with van der Waals surface area (Å²) in [4.78, 5) is 26.2. The third kappa shape index (κ3) is 3.65. The Morgan fingerprint density at radius 2 is 1.88 bits per heavy atom. The number of aryl methyl sites for hydroxylation is 2. The van der Waals surface area contributed by atoms with Gasteiger partial charge < -0.3 is 9.64 Å². The molecule has 1 unspecified atom stereocenters. The molecule has 3 rings (SSSR count). The van der Waals surface area contributed by atoms with Gasteiger partial charge in [-0.25, -0.2) is 0 Å². The van der Waals surface area contributed by atoms with Gasteiger partial charge in [-0.2, -0.15) is 0 Å². The summed E-state index contributed by atoms with van der Waals surface area (Å²) < 4.78 is 5.40. The van der Waals surface area contributed by atoms with Gasteiger partial charge in [0.2, 0.25) is 5.91 Å². The largest absolute Gasteiger partial charge is 0.461 e.